The van der Waals surface area contributed by atoms with Gasteiger partial charge in [-0.25, -0.2) is 4.79 Å². The fourth-order valence-electron chi connectivity index (χ4n) is 3.28. The maximum absolute atomic E-state index is 12.1. The number of carbonyl (C=O) groups is 1. The van der Waals surface area contributed by atoms with Crippen molar-refractivity contribution in [2.75, 3.05) is 25.0 Å². The Morgan fingerprint density at radius 3 is 2.57 bits per heavy atom. The van der Waals surface area contributed by atoms with E-state index in [0.717, 1.165) is 30.0 Å². The van der Waals surface area contributed by atoms with E-state index in [1.165, 1.54) is 32.4 Å². The van der Waals surface area contributed by atoms with Crippen LogP contribution in [-0.4, -0.2) is 46.4 Å². The van der Waals surface area contributed by atoms with Crippen molar-refractivity contribution in [3.63, 3.8) is 0 Å². The van der Waals surface area contributed by atoms with Gasteiger partial charge in [0.15, 0.2) is 0 Å². The lowest BCUT2D eigenvalue weighted by Crippen LogP contribution is -2.40. The molecule has 1 saturated heterocycles. The minimum atomic E-state index is -0.141. The fraction of sp³-hybridized carbons (Fsp3) is 0.765. The van der Waals surface area contributed by atoms with Gasteiger partial charge in [-0.3, -0.25) is 4.68 Å². The van der Waals surface area contributed by atoms with Crippen molar-refractivity contribution in [2.45, 2.75) is 66.0 Å². The molecule has 2 rings (SSSR count). The summed E-state index contributed by atoms with van der Waals surface area (Å²) in [5, 5.41) is 10.3. The average Bonchev–Trinajstić information content (AvgIpc) is 2.83. The number of nitrogens with one attached hydrogen (secondary N) is 2. The smallest absolute Gasteiger partial charge is 0.319 e. The van der Waals surface area contributed by atoms with Crippen molar-refractivity contribution in [1.29, 1.82) is 0 Å². The van der Waals surface area contributed by atoms with Gasteiger partial charge in [-0.15, -0.1) is 0 Å². The maximum Gasteiger partial charge on any atom is 0.319 e. The molecular formula is C17H31N5O. The molecule has 0 unspecified atom stereocenters. The first-order valence-electron chi connectivity index (χ1n) is 8.85. The van der Waals surface area contributed by atoms with Gasteiger partial charge in [0, 0.05) is 19.1 Å². The van der Waals surface area contributed by atoms with Crippen LogP contribution in [0.2, 0.25) is 0 Å². The highest BCUT2D eigenvalue weighted by Crippen LogP contribution is 2.19. The molecule has 1 aliphatic rings. The topological polar surface area (TPSA) is 62.2 Å². The molecule has 130 valence electrons. The Balaban J connectivity index is 1.76. The van der Waals surface area contributed by atoms with Crippen LogP contribution in [0.25, 0.3) is 0 Å². The Bertz CT molecular complexity index is 519. The summed E-state index contributed by atoms with van der Waals surface area (Å²) in [7, 11) is 0. The van der Waals surface area contributed by atoms with Crippen LogP contribution in [0.3, 0.4) is 0 Å². The summed E-state index contributed by atoms with van der Waals surface area (Å²) in [5.74, 6) is 0. The number of hydrogen-bond acceptors (Lipinski definition) is 3. The number of amides is 2. The number of anilines is 1. The van der Waals surface area contributed by atoms with Crippen LogP contribution in [0, 0.1) is 13.8 Å². The number of carbonyl (C=O) groups excluding carboxylic acids is 1. The first-order valence-corrected chi connectivity index (χ1v) is 8.85. The summed E-state index contributed by atoms with van der Waals surface area (Å²) in [6.45, 7) is 12.1. The zero-order valence-corrected chi connectivity index (χ0v) is 15.0. The zero-order valence-electron chi connectivity index (χ0n) is 15.0. The van der Waals surface area contributed by atoms with Crippen LogP contribution >= 0.6 is 0 Å². The third kappa shape index (κ3) is 4.70. The van der Waals surface area contributed by atoms with Crippen molar-refractivity contribution in [2.24, 2.45) is 0 Å². The van der Waals surface area contributed by atoms with Crippen molar-refractivity contribution in [1.82, 2.24) is 20.0 Å². The van der Waals surface area contributed by atoms with E-state index in [9.17, 15) is 4.79 Å². The number of urea groups is 1. The van der Waals surface area contributed by atoms with Gasteiger partial charge < -0.3 is 15.5 Å². The molecular weight excluding hydrogens is 290 g/mol. The number of hydrogen-bond donors (Lipinski definition) is 2. The Hall–Kier alpha value is -1.56. The lowest BCUT2D eigenvalue weighted by atomic mass is 10.1. The number of likely N-dealkylation sites (tertiary alicyclic amines) is 1. The highest BCUT2D eigenvalue weighted by atomic mass is 16.2. The van der Waals surface area contributed by atoms with Gasteiger partial charge in [0.05, 0.1) is 17.1 Å². The van der Waals surface area contributed by atoms with Gasteiger partial charge in [0.1, 0.15) is 0 Å². The van der Waals surface area contributed by atoms with E-state index >= 15 is 0 Å². The van der Waals surface area contributed by atoms with Crippen LogP contribution in [0.5, 0.6) is 0 Å². The summed E-state index contributed by atoms with van der Waals surface area (Å²) >= 11 is 0. The Morgan fingerprint density at radius 2 is 1.96 bits per heavy atom. The number of aromatic nitrogens is 2. The molecule has 0 bridgehead atoms. The molecule has 2 amide bonds. The molecule has 0 aromatic carbocycles. The van der Waals surface area contributed by atoms with Crippen molar-refractivity contribution in [3.8, 4) is 0 Å². The Labute approximate surface area is 139 Å². The summed E-state index contributed by atoms with van der Waals surface area (Å²) in [4.78, 5) is 14.6. The predicted molar refractivity (Wildman–Crippen MR) is 93.9 cm³/mol. The zero-order chi connectivity index (χ0) is 16.8. The minimum absolute atomic E-state index is 0.141. The second-order valence-electron chi connectivity index (χ2n) is 6.48. The molecule has 0 radical (unpaired) electrons. The van der Waals surface area contributed by atoms with Crippen LogP contribution in [0.4, 0.5) is 10.5 Å². The van der Waals surface area contributed by atoms with E-state index in [1.54, 1.807) is 0 Å². The van der Waals surface area contributed by atoms with Crippen LogP contribution in [0.15, 0.2) is 0 Å². The molecule has 2 heterocycles. The average molecular weight is 321 g/mol. The summed E-state index contributed by atoms with van der Waals surface area (Å²) < 4.78 is 1.91. The number of aryl methyl sites for hydroxylation is 2. The van der Waals surface area contributed by atoms with Crippen molar-refractivity contribution >= 4 is 11.7 Å². The first-order chi connectivity index (χ1) is 11.0. The van der Waals surface area contributed by atoms with Crippen LogP contribution in [0.1, 0.15) is 50.9 Å². The fourth-order valence-corrected chi connectivity index (χ4v) is 3.28. The molecule has 0 saturated carbocycles. The quantitative estimate of drug-likeness (QED) is 0.847. The van der Waals surface area contributed by atoms with Gasteiger partial charge >= 0.3 is 6.03 Å². The van der Waals surface area contributed by atoms with Crippen molar-refractivity contribution < 1.29 is 4.79 Å². The summed E-state index contributed by atoms with van der Waals surface area (Å²) in [6, 6.07) is 0.389. The van der Waals surface area contributed by atoms with E-state index in [2.05, 4.69) is 27.6 Å². The molecule has 1 fully saturated rings. The second kappa shape index (κ2) is 8.34. The standard InChI is InChI=1S/C17H31N5O/c1-5-22-15(4)16(14(3)20-22)19-17(23)18-10-9-13(2)21-11-7-6-8-12-21/h13H,5-12H2,1-4H3,(H2,18,19,23)/t13-/m1/s1. The SMILES string of the molecule is CCn1nc(C)c(NC(=O)NCC[C@@H](C)N2CCCCC2)c1C. The molecule has 1 atom stereocenters. The Morgan fingerprint density at radius 1 is 1.26 bits per heavy atom. The first kappa shape index (κ1) is 17.8. The molecule has 2 N–H and O–H groups in total. The number of rotatable bonds is 6. The van der Waals surface area contributed by atoms with Crippen LogP contribution < -0.4 is 10.6 Å². The molecule has 1 aromatic heterocycles. The highest BCUT2D eigenvalue weighted by Gasteiger charge is 2.17. The minimum Gasteiger partial charge on any atom is -0.338 e. The lowest BCUT2D eigenvalue weighted by molar-refractivity contribution is 0.166. The largest absolute Gasteiger partial charge is 0.338 e. The third-order valence-electron chi connectivity index (χ3n) is 4.78. The monoisotopic (exact) mass is 321 g/mol. The van der Waals surface area contributed by atoms with E-state index in [1.807, 2.05) is 25.5 Å². The molecule has 0 aliphatic carbocycles. The maximum atomic E-state index is 12.1. The van der Waals surface area contributed by atoms with Gasteiger partial charge in [0.2, 0.25) is 0 Å². The summed E-state index contributed by atoms with van der Waals surface area (Å²) in [5.41, 5.74) is 2.69. The van der Waals surface area contributed by atoms with Crippen molar-refractivity contribution in [3.05, 3.63) is 11.4 Å². The van der Waals surface area contributed by atoms with Gasteiger partial charge in [0.25, 0.3) is 0 Å². The third-order valence-corrected chi connectivity index (χ3v) is 4.78. The summed E-state index contributed by atoms with van der Waals surface area (Å²) in [6.07, 6.45) is 4.95. The van der Waals surface area contributed by atoms with Crippen LogP contribution in [-0.2, 0) is 6.54 Å². The predicted octanol–water partition coefficient (Wildman–Crippen LogP) is 2.91. The number of nitrogens with zero attached hydrogens (tertiary/aromatic N) is 3. The van der Waals surface area contributed by atoms with Gasteiger partial charge in [-0.05, 0) is 60.0 Å². The second-order valence-corrected chi connectivity index (χ2v) is 6.48. The van der Waals surface area contributed by atoms with E-state index in [-0.39, 0.29) is 6.03 Å². The normalized spacial score (nSPS) is 17.0. The Kier molecular flexibility index (Phi) is 6.45. The van der Waals surface area contributed by atoms with Gasteiger partial charge in [-0.2, -0.15) is 5.10 Å². The molecule has 1 aliphatic heterocycles. The molecule has 23 heavy (non-hydrogen) atoms. The lowest BCUT2D eigenvalue weighted by Gasteiger charge is -2.32. The molecule has 6 heteroatoms. The van der Waals surface area contributed by atoms with E-state index in [0.29, 0.717) is 12.6 Å². The van der Waals surface area contributed by atoms with E-state index < -0.39 is 0 Å². The highest BCUT2D eigenvalue weighted by molar-refractivity contribution is 5.90. The number of piperidine rings is 1. The van der Waals surface area contributed by atoms with Gasteiger partial charge in [-0.1, -0.05) is 6.42 Å². The molecule has 0 spiro atoms. The van der Waals surface area contributed by atoms with E-state index in [4.69, 9.17) is 0 Å². The molecule has 6 nitrogen and oxygen atoms in total. The molecule has 1 aromatic rings.